The highest BCUT2D eigenvalue weighted by molar-refractivity contribution is 7.99. The monoisotopic (exact) mass is 505 g/mol. The number of anilines is 1. The van der Waals surface area contributed by atoms with Gasteiger partial charge in [-0.2, -0.15) is 13.2 Å². The Labute approximate surface area is 203 Å². The highest BCUT2D eigenvalue weighted by atomic mass is 32.2. The van der Waals surface area contributed by atoms with Crippen LogP contribution < -0.4 is 4.90 Å². The number of benzene rings is 2. The third-order valence-corrected chi connectivity index (χ3v) is 7.31. The van der Waals surface area contributed by atoms with Crippen molar-refractivity contribution in [3.05, 3.63) is 83.1 Å². The van der Waals surface area contributed by atoms with Crippen molar-refractivity contribution < 1.29 is 21.8 Å². The highest BCUT2D eigenvalue weighted by Gasteiger charge is 2.33. The fraction of sp³-hybridized carbons (Fsp3) is 0.346. The summed E-state index contributed by atoms with van der Waals surface area (Å²) in [5.74, 6) is 3.39. The third-order valence-electron chi connectivity index (χ3n) is 6.04. The molecule has 1 atom stereocenters. The van der Waals surface area contributed by atoms with Crippen LogP contribution in [0.4, 0.5) is 23.4 Å². The quantitative estimate of drug-likeness (QED) is 0.277. The standard InChI is InChI=1S/C26H27F4N3OS/c1-35(2,34)22-14-8-18(9-15-22)4-3-5-23-24(27)25(32-17-31-23)33(21-12-13-21)16-19-6-10-20(11-7-19)26(28,29)30/h6-11,14-15,17,21H,1,3-5,12-13,16H2,2H3. The van der Waals surface area contributed by atoms with Gasteiger partial charge in [0, 0.05) is 23.7 Å². The van der Waals surface area contributed by atoms with E-state index in [0.717, 1.165) is 30.5 Å². The predicted octanol–water partition coefficient (Wildman–Crippen LogP) is 5.68. The van der Waals surface area contributed by atoms with Crippen molar-refractivity contribution in [3.63, 3.8) is 0 Å². The van der Waals surface area contributed by atoms with E-state index in [1.165, 1.54) is 18.5 Å². The molecule has 1 saturated carbocycles. The fourth-order valence-electron chi connectivity index (χ4n) is 3.93. The first kappa shape index (κ1) is 25.2. The average molecular weight is 506 g/mol. The topological polar surface area (TPSA) is 46.1 Å². The van der Waals surface area contributed by atoms with Gasteiger partial charge in [0.1, 0.15) is 6.33 Å². The van der Waals surface area contributed by atoms with Crippen LogP contribution in [0.2, 0.25) is 0 Å². The molecule has 9 heteroatoms. The van der Waals surface area contributed by atoms with Crippen LogP contribution in [-0.2, 0) is 35.1 Å². The zero-order valence-electron chi connectivity index (χ0n) is 19.4. The van der Waals surface area contributed by atoms with Gasteiger partial charge in [0.05, 0.1) is 11.3 Å². The van der Waals surface area contributed by atoms with E-state index in [2.05, 4.69) is 15.8 Å². The summed E-state index contributed by atoms with van der Waals surface area (Å²) in [4.78, 5) is 10.8. The molecule has 1 aliphatic carbocycles. The summed E-state index contributed by atoms with van der Waals surface area (Å²) in [6.45, 7) is 0.273. The molecule has 1 fully saturated rings. The molecule has 0 radical (unpaired) electrons. The summed E-state index contributed by atoms with van der Waals surface area (Å²) in [6, 6.07) is 12.5. The lowest BCUT2D eigenvalue weighted by molar-refractivity contribution is -0.137. The third kappa shape index (κ3) is 6.39. The zero-order chi connectivity index (χ0) is 25.2. The molecule has 4 rings (SSSR count). The number of rotatable bonds is 9. The molecule has 0 spiro atoms. The molecule has 4 nitrogen and oxygen atoms in total. The second-order valence-corrected chi connectivity index (χ2v) is 11.5. The summed E-state index contributed by atoms with van der Waals surface area (Å²) >= 11 is 0. The van der Waals surface area contributed by atoms with Crippen LogP contribution in [-0.4, -0.2) is 32.3 Å². The maximum Gasteiger partial charge on any atom is 0.416 e. The summed E-state index contributed by atoms with van der Waals surface area (Å²) < 4.78 is 66.0. The first-order valence-corrected chi connectivity index (χ1v) is 13.5. The number of hydrogen-bond acceptors (Lipinski definition) is 4. The van der Waals surface area contributed by atoms with E-state index < -0.39 is 27.1 Å². The molecule has 1 unspecified atom stereocenters. The second-order valence-electron chi connectivity index (χ2n) is 9.01. The van der Waals surface area contributed by atoms with Gasteiger partial charge >= 0.3 is 6.18 Å². The maximum atomic E-state index is 15.4. The molecule has 0 amide bonds. The highest BCUT2D eigenvalue weighted by Crippen LogP contribution is 2.35. The Morgan fingerprint density at radius 1 is 1.00 bits per heavy atom. The van der Waals surface area contributed by atoms with E-state index in [1.54, 1.807) is 6.26 Å². The summed E-state index contributed by atoms with van der Waals surface area (Å²) in [5.41, 5.74) is 1.32. The normalized spacial score (nSPS) is 15.6. The lowest BCUT2D eigenvalue weighted by atomic mass is 10.1. The van der Waals surface area contributed by atoms with Gasteiger partial charge in [-0.15, -0.1) is 0 Å². The molecule has 1 aromatic heterocycles. The van der Waals surface area contributed by atoms with Crippen LogP contribution in [0.1, 0.15) is 41.6 Å². The van der Waals surface area contributed by atoms with Crippen LogP contribution in [0, 0.1) is 5.82 Å². The summed E-state index contributed by atoms with van der Waals surface area (Å²) in [6.07, 6.45) is 2.10. The van der Waals surface area contributed by atoms with Crippen molar-refractivity contribution >= 4 is 21.2 Å². The molecule has 0 N–H and O–H groups in total. The zero-order valence-corrected chi connectivity index (χ0v) is 20.2. The van der Waals surface area contributed by atoms with E-state index in [0.29, 0.717) is 35.4 Å². The van der Waals surface area contributed by atoms with Gasteiger partial charge in [-0.05, 0) is 82.9 Å². The largest absolute Gasteiger partial charge is 0.416 e. The van der Waals surface area contributed by atoms with Gasteiger partial charge in [0.2, 0.25) is 0 Å². The average Bonchev–Trinajstić information content (AvgIpc) is 3.64. The Morgan fingerprint density at radius 3 is 2.20 bits per heavy atom. The molecule has 35 heavy (non-hydrogen) atoms. The number of nitrogens with zero attached hydrogens (tertiary/aromatic N) is 3. The Balaban J connectivity index is 1.44. The van der Waals surface area contributed by atoms with Gasteiger partial charge < -0.3 is 4.90 Å². The number of halogens is 4. The Bertz CT molecular complexity index is 1270. The van der Waals surface area contributed by atoms with Crippen molar-refractivity contribution in [2.24, 2.45) is 0 Å². The van der Waals surface area contributed by atoms with Crippen LogP contribution in [0.3, 0.4) is 0 Å². The molecule has 0 aliphatic heterocycles. The van der Waals surface area contributed by atoms with E-state index in [4.69, 9.17) is 0 Å². The summed E-state index contributed by atoms with van der Waals surface area (Å²) in [5, 5.41) is 0. The van der Waals surface area contributed by atoms with Gasteiger partial charge in [0.15, 0.2) is 11.6 Å². The van der Waals surface area contributed by atoms with Crippen molar-refractivity contribution in [1.29, 1.82) is 0 Å². The first-order chi connectivity index (χ1) is 16.5. The summed E-state index contributed by atoms with van der Waals surface area (Å²) in [7, 11) is -2.26. The van der Waals surface area contributed by atoms with E-state index in [9.17, 15) is 17.4 Å². The molecule has 186 valence electrons. The lowest BCUT2D eigenvalue weighted by Crippen LogP contribution is -2.27. The lowest BCUT2D eigenvalue weighted by Gasteiger charge is -2.24. The van der Waals surface area contributed by atoms with Gasteiger partial charge in [-0.3, -0.25) is 4.21 Å². The van der Waals surface area contributed by atoms with Gasteiger partial charge in [0.25, 0.3) is 0 Å². The molecule has 0 saturated heterocycles. The number of hydrogen-bond donors (Lipinski definition) is 0. The van der Waals surface area contributed by atoms with E-state index >= 15 is 4.39 Å². The van der Waals surface area contributed by atoms with Crippen molar-refractivity contribution in [2.45, 2.75) is 55.8 Å². The van der Waals surface area contributed by atoms with E-state index in [1.807, 2.05) is 29.2 Å². The minimum atomic E-state index is -4.39. The molecule has 2 aromatic carbocycles. The van der Waals surface area contributed by atoms with Gasteiger partial charge in [-0.1, -0.05) is 24.3 Å². The van der Waals surface area contributed by atoms with Crippen LogP contribution in [0.15, 0.2) is 59.8 Å². The molecular formula is C26H27F4N3OS. The van der Waals surface area contributed by atoms with E-state index in [-0.39, 0.29) is 18.4 Å². The number of aromatic nitrogens is 2. The van der Waals surface area contributed by atoms with Gasteiger partial charge in [-0.25, -0.2) is 14.4 Å². The van der Waals surface area contributed by atoms with Crippen LogP contribution in [0.5, 0.6) is 0 Å². The van der Waals surface area contributed by atoms with Crippen molar-refractivity contribution in [3.8, 4) is 0 Å². The number of aryl methyl sites for hydroxylation is 2. The Kier molecular flexibility index (Phi) is 7.17. The SMILES string of the molecule is C=S(C)(=O)c1ccc(CCCc2ncnc(N(Cc3ccc(C(F)(F)F)cc3)C3CC3)c2F)cc1. The molecule has 1 aliphatic rings. The molecule has 0 bridgehead atoms. The van der Waals surface area contributed by atoms with Crippen LogP contribution in [0.25, 0.3) is 0 Å². The Hall–Kier alpha value is -2.94. The minimum Gasteiger partial charge on any atom is -0.347 e. The predicted molar refractivity (Wildman–Crippen MR) is 131 cm³/mol. The maximum absolute atomic E-state index is 15.4. The number of alkyl halides is 3. The Morgan fingerprint density at radius 2 is 1.63 bits per heavy atom. The fourth-order valence-corrected chi connectivity index (χ4v) is 4.64. The minimum absolute atomic E-state index is 0.106. The van der Waals surface area contributed by atoms with Crippen molar-refractivity contribution in [1.82, 2.24) is 9.97 Å². The smallest absolute Gasteiger partial charge is 0.347 e. The molecular weight excluding hydrogens is 478 g/mol. The first-order valence-electron chi connectivity index (χ1n) is 11.4. The molecule has 1 heterocycles. The van der Waals surface area contributed by atoms with Crippen molar-refractivity contribution in [2.75, 3.05) is 11.2 Å². The van der Waals surface area contributed by atoms with Crippen LogP contribution >= 0.6 is 0 Å². The second kappa shape index (κ2) is 9.97. The molecule has 3 aromatic rings.